The van der Waals surface area contributed by atoms with Gasteiger partial charge in [-0.2, -0.15) is 0 Å². The van der Waals surface area contributed by atoms with Crippen molar-refractivity contribution in [3.05, 3.63) is 10.6 Å². The van der Waals surface area contributed by atoms with Crippen LogP contribution >= 0.6 is 11.3 Å². The second kappa shape index (κ2) is 5.01. The molecule has 6 heteroatoms. The molecule has 1 saturated heterocycles. The summed E-state index contributed by atoms with van der Waals surface area (Å²) >= 11 is 1.53. The Hall–Kier alpha value is -1.14. The molecule has 2 amide bonds. The monoisotopic (exact) mass is 254 g/mol. The molecule has 0 aromatic carbocycles. The van der Waals surface area contributed by atoms with Crippen molar-refractivity contribution in [3.8, 4) is 0 Å². The van der Waals surface area contributed by atoms with Crippen LogP contribution < -0.4 is 5.32 Å². The number of aromatic nitrogens is 1. The molecule has 2 rings (SSSR count). The molecule has 0 unspecified atom stereocenters. The highest BCUT2D eigenvalue weighted by atomic mass is 32.1. The molecule has 0 saturated carbocycles. The summed E-state index contributed by atoms with van der Waals surface area (Å²) in [4.78, 5) is 21.5. The first-order valence-corrected chi connectivity index (χ1v) is 6.56. The predicted molar refractivity (Wildman–Crippen MR) is 69.7 cm³/mol. The van der Waals surface area contributed by atoms with Crippen LogP contribution in [0.25, 0.3) is 0 Å². The van der Waals surface area contributed by atoms with Gasteiger partial charge >= 0.3 is 6.03 Å². The lowest BCUT2D eigenvalue weighted by molar-refractivity contribution is 0.164. The number of amides is 2. The maximum Gasteiger partial charge on any atom is 0.323 e. The summed E-state index contributed by atoms with van der Waals surface area (Å²) in [6.45, 7) is 7.40. The number of thiazole rings is 1. The molecule has 17 heavy (non-hydrogen) atoms. The standard InChI is InChI=1S/C11H18N4OS/c1-8-9(2)17-10(12-8)13-11(16)15-6-4-14(3)5-7-15/h4-7H2,1-3H3,(H,12,13,16). The van der Waals surface area contributed by atoms with E-state index in [4.69, 9.17) is 0 Å². The molecule has 0 atom stereocenters. The number of carbonyl (C=O) groups is 1. The number of urea groups is 1. The minimum Gasteiger partial charge on any atom is -0.322 e. The molecule has 94 valence electrons. The first-order valence-electron chi connectivity index (χ1n) is 5.75. The summed E-state index contributed by atoms with van der Waals surface area (Å²) in [6.07, 6.45) is 0. The highest BCUT2D eigenvalue weighted by Gasteiger charge is 2.19. The Morgan fingerprint density at radius 2 is 1.94 bits per heavy atom. The summed E-state index contributed by atoms with van der Waals surface area (Å²) in [5.74, 6) is 0. The summed E-state index contributed by atoms with van der Waals surface area (Å²) in [5.41, 5.74) is 0.990. The maximum absolute atomic E-state index is 12.0. The van der Waals surface area contributed by atoms with Crippen molar-refractivity contribution in [3.63, 3.8) is 0 Å². The van der Waals surface area contributed by atoms with Gasteiger partial charge < -0.3 is 9.80 Å². The van der Waals surface area contributed by atoms with Crippen LogP contribution in [0.1, 0.15) is 10.6 Å². The van der Waals surface area contributed by atoms with Crippen molar-refractivity contribution in [2.24, 2.45) is 0 Å². The number of carbonyl (C=O) groups excluding carboxylic acids is 1. The minimum absolute atomic E-state index is 0.0353. The average molecular weight is 254 g/mol. The van der Waals surface area contributed by atoms with Crippen LogP contribution in [0, 0.1) is 13.8 Å². The number of nitrogens with one attached hydrogen (secondary N) is 1. The number of rotatable bonds is 1. The Balaban J connectivity index is 1.93. The lowest BCUT2D eigenvalue weighted by Gasteiger charge is -2.32. The van der Waals surface area contributed by atoms with Gasteiger partial charge in [-0.1, -0.05) is 0 Å². The molecule has 0 radical (unpaired) electrons. The van der Waals surface area contributed by atoms with Crippen LogP contribution in [0.15, 0.2) is 0 Å². The number of aryl methyl sites for hydroxylation is 2. The number of piperazine rings is 1. The first kappa shape index (κ1) is 12.3. The van der Waals surface area contributed by atoms with Gasteiger partial charge in [0.15, 0.2) is 5.13 Å². The number of hydrogen-bond donors (Lipinski definition) is 1. The lowest BCUT2D eigenvalue weighted by Crippen LogP contribution is -2.48. The van der Waals surface area contributed by atoms with Gasteiger partial charge in [0.25, 0.3) is 0 Å². The summed E-state index contributed by atoms with van der Waals surface area (Å²) in [6, 6.07) is -0.0353. The molecule has 0 bridgehead atoms. The van der Waals surface area contributed by atoms with Crippen LogP contribution in [0.3, 0.4) is 0 Å². The maximum atomic E-state index is 12.0. The third-order valence-corrected chi connectivity index (χ3v) is 4.02. The fourth-order valence-corrected chi connectivity index (χ4v) is 2.51. The van der Waals surface area contributed by atoms with Gasteiger partial charge in [0, 0.05) is 31.1 Å². The molecule has 1 aromatic heterocycles. The fraction of sp³-hybridized carbons (Fsp3) is 0.636. The van der Waals surface area contributed by atoms with E-state index in [9.17, 15) is 4.79 Å². The summed E-state index contributed by atoms with van der Waals surface area (Å²) < 4.78 is 0. The molecule has 1 aliphatic rings. The SMILES string of the molecule is Cc1nc(NC(=O)N2CCN(C)CC2)sc1C. The van der Waals surface area contributed by atoms with Crippen molar-refractivity contribution < 1.29 is 4.79 Å². The van der Waals surface area contributed by atoms with E-state index in [1.807, 2.05) is 18.7 Å². The second-order valence-electron chi connectivity index (χ2n) is 4.38. The lowest BCUT2D eigenvalue weighted by atomic mass is 10.3. The molecule has 5 nitrogen and oxygen atoms in total. The summed E-state index contributed by atoms with van der Waals surface area (Å²) in [5, 5.41) is 3.56. The van der Waals surface area contributed by atoms with E-state index < -0.39 is 0 Å². The van der Waals surface area contributed by atoms with Crippen molar-refractivity contribution in [2.45, 2.75) is 13.8 Å². The molecular weight excluding hydrogens is 236 g/mol. The Morgan fingerprint density at radius 1 is 1.29 bits per heavy atom. The molecule has 1 aliphatic heterocycles. The molecule has 1 fully saturated rings. The number of nitrogens with zero attached hydrogens (tertiary/aromatic N) is 3. The van der Waals surface area contributed by atoms with E-state index in [0.29, 0.717) is 5.13 Å². The van der Waals surface area contributed by atoms with Crippen LogP contribution in [0.5, 0.6) is 0 Å². The third-order valence-electron chi connectivity index (χ3n) is 3.03. The van der Waals surface area contributed by atoms with E-state index in [0.717, 1.165) is 36.8 Å². The van der Waals surface area contributed by atoms with E-state index >= 15 is 0 Å². The molecule has 1 N–H and O–H groups in total. The van der Waals surface area contributed by atoms with Crippen LogP contribution in [-0.4, -0.2) is 54.0 Å². The van der Waals surface area contributed by atoms with Gasteiger partial charge in [-0.25, -0.2) is 9.78 Å². The van der Waals surface area contributed by atoms with Crippen molar-refractivity contribution >= 4 is 22.5 Å². The largest absolute Gasteiger partial charge is 0.323 e. The van der Waals surface area contributed by atoms with E-state index in [-0.39, 0.29) is 6.03 Å². The topological polar surface area (TPSA) is 48.5 Å². The highest BCUT2D eigenvalue weighted by Crippen LogP contribution is 2.21. The van der Waals surface area contributed by atoms with Gasteiger partial charge in [-0.15, -0.1) is 11.3 Å². The van der Waals surface area contributed by atoms with Gasteiger partial charge in [-0.05, 0) is 20.9 Å². The van der Waals surface area contributed by atoms with Gasteiger partial charge in [-0.3, -0.25) is 5.32 Å². The van der Waals surface area contributed by atoms with Crippen molar-refractivity contribution in [1.29, 1.82) is 0 Å². The molecular formula is C11H18N4OS. The van der Waals surface area contributed by atoms with Crippen LogP contribution in [0.4, 0.5) is 9.93 Å². The molecule has 0 aliphatic carbocycles. The number of hydrogen-bond acceptors (Lipinski definition) is 4. The zero-order chi connectivity index (χ0) is 12.4. The van der Waals surface area contributed by atoms with E-state index in [2.05, 4.69) is 22.2 Å². The van der Waals surface area contributed by atoms with Crippen LogP contribution in [0.2, 0.25) is 0 Å². The molecule has 2 heterocycles. The molecule has 0 spiro atoms. The van der Waals surface area contributed by atoms with Crippen molar-refractivity contribution in [1.82, 2.24) is 14.8 Å². The number of likely N-dealkylation sites (N-methyl/N-ethyl adjacent to an activating group) is 1. The van der Waals surface area contributed by atoms with Gasteiger partial charge in [0.05, 0.1) is 5.69 Å². The highest BCUT2D eigenvalue weighted by molar-refractivity contribution is 7.15. The fourth-order valence-electron chi connectivity index (χ4n) is 1.71. The second-order valence-corrected chi connectivity index (χ2v) is 5.58. The smallest absolute Gasteiger partial charge is 0.322 e. The van der Waals surface area contributed by atoms with Crippen LogP contribution in [-0.2, 0) is 0 Å². The normalized spacial score (nSPS) is 17.2. The van der Waals surface area contributed by atoms with E-state index in [1.165, 1.54) is 11.3 Å². The Bertz CT molecular complexity index is 390. The summed E-state index contributed by atoms with van der Waals surface area (Å²) in [7, 11) is 2.07. The first-order chi connectivity index (χ1) is 8.06. The van der Waals surface area contributed by atoms with Crippen molar-refractivity contribution in [2.75, 3.05) is 38.5 Å². The Labute approximate surface area is 105 Å². The third kappa shape index (κ3) is 2.95. The average Bonchev–Trinajstić information content (AvgIpc) is 2.58. The zero-order valence-electron chi connectivity index (χ0n) is 10.5. The Morgan fingerprint density at radius 3 is 2.47 bits per heavy atom. The van der Waals surface area contributed by atoms with E-state index in [1.54, 1.807) is 0 Å². The quantitative estimate of drug-likeness (QED) is 0.827. The van der Waals surface area contributed by atoms with Gasteiger partial charge in [0.1, 0.15) is 0 Å². The minimum atomic E-state index is -0.0353. The van der Waals surface area contributed by atoms with Gasteiger partial charge in [0.2, 0.25) is 0 Å². The zero-order valence-corrected chi connectivity index (χ0v) is 11.3. The number of anilines is 1. The predicted octanol–water partition coefficient (Wildman–Crippen LogP) is 1.54. The molecule has 1 aromatic rings. The Kier molecular flexibility index (Phi) is 3.63.